The van der Waals surface area contributed by atoms with Crippen molar-refractivity contribution in [3.63, 3.8) is 0 Å². The number of benzene rings is 3. The molecule has 1 amide bonds. The highest BCUT2D eigenvalue weighted by atomic mass is 32.2. The van der Waals surface area contributed by atoms with Crippen LogP contribution in [-0.2, 0) is 4.79 Å². The zero-order valence-corrected chi connectivity index (χ0v) is 18.9. The van der Waals surface area contributed by atoms with Crippen molar-refractivity contribution >= 4 is 52.1 Å². The molecule has 3 rings (SSSR count). The number of nitrogens with one attached hydrogen (secondary N) is 3. The van der Waals surface area contributed by atoms with Gasteiger partial charge in [0.25, 0.3) is 0 Å². The quantitative estimate of drug-likeness (QED) is 0.316. The summed E-state index contributed by atoms with van der Waals surface area (Å²) in [5, 5.41) is 9.66. The second-order valence-electron chi connectivity index (χ2n) is 7.04. The fraction of sp³-hybridized carbons (Fsp3) is 0.167. The first-order valence-corrected chi connectivity index (χ1v) is 11.0. The summed E-state index contributed by atoms with van der Waals surface area (Å²) in [4.78, 5) is 13.6. The zero-order chi connectivity index (χ0) is 21.5. The van der Waals surface area contributed by atoms with Crippen molar-refractivity contribution in [3.05, 3.63) is 83.9 Å². The molecule has 0 aliphatic rings. The second-order valence-corrected chi connectivity index (χ2v) is 8.86. The minimum atomic E-state index is -0.238. The number of carbonyl (C=O) groups excluding carboxylic acids is 1. The molecule has 0 spiro atoms. The van der Waals surface area contributed by atoms with E-state index in [9.17, 15) is 4.79 Å². The van der Waals surface area contributed by atoms with Gasteiger partial charge in [-0.3, -0.25) is 4.79 Å². The van der Waals surface area contributed by atoms with Crippen molar-refractivity contribution in [2.75, 3.05) is 16.0 Å². The molecule has 3 aromatic rings. The SMILES string of the molecule is Cc1ccc(NC(=S)Nc2cccc(SC(C)C(=O)Nc3ccccc3C)c2)cc1. The van der Waals surface area contributed by atoms with Gasteiger partial charge in [-0.25, -0.2) is 0 Å². The van der Waals surface area contributed by atoms with Gasteiger partial charge in [-0.05, 0) is 75.0 Å². The van der Waals surface area contributed by atoms with E-state index in [1.807, 2.05) is 93.6 Å². The van der Waals surface area contributed by atoms with Crippen LogP contribution in [0.5, 0.6) is 0 Å². The van der Waals surface area contributed by atoms with Crippen LogP contribution in [0, 0.1) is 13.8 Å². The summed E-state index contributed by atoms with van der Waals surface area (Å²) in [5.41, 5.74) is 4.90. The van der Waals surface area contributed by atoms with Crippen molar-refractivity contribution in [2.45, 2.75) is 30.9 Å². The molecule has 0 aromatic heterocycles. The van der Waals surface area contributed by atoms with Gasteiger partial charge in [0.05, 0.1) is 5.25 Å². The van der Waals surface area contributed by atoms with E-state index in [1.165, 1.54) is 17.3 Å². The molecule has 30 heavy (non-hydrogen) atoms. The van der Waals surface area contributed by atoms with Crippen LogP contribution in [-0.4, -0.2) is 16.3 Å². The van der Waals surface area contributed by atoms with E-state index >= 15 is 0 Å². The second kappa shape index (κ2) is 10.3. The van der Waals surface area contributed by atoms with Gasteiger partial charge < -0.3 is 16.0 Å². The molecule has 0 radical (unpaired) electrons. The standard InChI is InChI=1S/C24H25N3OS2/c1-16-11-13-19(14-12-16)25-24(29)26-20-8-6-9-21(15-20)30-18(3)23(28)27-22-10-5-4-7-17(22)2/h4-15,18H,1-3H3,(H,27,28)(H2,25,26,29). The predicted octanol–water partition coefficient (Wildman–Crippen LogP) is 6.23. The Kier molecular flexibility index (Phi) is 7.49. The highest BCUT2D eigenvalue weighted by Gasteiger charge is 2.15. The summed E-state index contributed by atoms with van der Waals surface area (Å²) in [7, 11) is 0. The molecule has 1 unspecified atom stereocenters. The molecule has 0 fully saturated rings. The molecule has 0 heterocycles. The average Bonchev–Trinajstić information content (AvgIpc) is 2.71. The maximum atomic E-state index is 12.6. The Balaban J connectivity index is 1.57. The topological polar surface area (TPSA) is 53.2 Å². The molecule has 0 aliphatic carbocycles. The number of thiocarbonyl (C=S) groups is 1. The normalized spacial score (nSPS) is 11.4. The maximum absolute atomic E-state index is 12.6. The average molecular weight is 436 g/mol. The number of carbonyl (C=O) groups is 1. The maximum Gasteiger partial charge on any atom is 0.237 e. The molecule has 0 saturated carbocycles. The molecule has 0 aliphatic heterocycles. The fourth-order valence-corrected chi connectivity index (χ4v) is 3.94. The third kappa shape index (κ3) is 6.34. The summed E-state index contributed by atoms with van der Waals surface area (Å²) in [5.74, 6) is -0.0239. The molecule has 0 saturated heterocycles. The summed E-state index contributed by atoms with van der Waals surface area (Å²) in [6, 6.07) is 23.7. The van der Waals surface area contributed by atoms with E-state index in [0.717, 1.165) is 27.5 Å². The van der Waals surface area contributed by atoms with Gasteiger partial charge in [0.15, 0.2) is 5.11 Å². The zero-order valence-electron chi connectivity index (χ0n) is 17.2. The van der Waals surface area contributed by atoms with Crippen LogP contribution in [0.25, 0.3) is 0 Å². The smallest absolute Gasteiger partial charge is 0.237 e. The molecule has 3 aromatic carbocycles. The molecular formula is C24H25N3OS2. The van der Waals surface area contributed by atoms with Crippen LogP contribution in [0.1, 0.15) is 18.1 Å². The Morgan fingerprint density at radius 2 is 1.57 bits per heavy atom. The number of hydrogen-bond acceptors (Lipinski definition) is 3. The van der Waals surface area contributed by atoms with E-state index in [1.54, 1.807) is 0 Å². The van der Waals surface area contributed by atoms with Gasteiger partial charge >= 0.3 is 0 Å². The number of aryl methyl sites for hydroxylation is 2. The number of thioether (sulfide) groups is 1. The largest absolute Gasteiger partial charge is 0.332 e. The first-order chi connectivity index (χ1) is 14.4. The van der Waals surface area contributed by atoms with E-state index in [0.29, 0.717) is 5.11 Å². The van der Waals surface area contributed by atoms with Gasteiger partial charge in [-0.15, -0.1) is 11.8 Å². The molecule has 3 N–H and O–H groups in total. The Morgan fingerprint density at radius 1 is 0.867 bits per heavy atom. The van der Waals surface area contributed by atoms with Gasteiger partial charge in [-0.1, -0.05) is 42.0 Å². The third-order valence-electron chi connectivity index (χ3n) is 4.49. The fourth-order valence-electron chi connectivity index (χ4n) is 2.78. The highest BCUT2D eigenvalue weighted by Crippen LogP contribution is 2.27. The molecule has 4 nitrogen and oxygen atoms in total. The summed E-state index contributed by atoms with van der Waals surface area (Å²) in [6.45, 7) is 5.93. The number of rotatable bonds is 6. The highest BCUT2D eigenvalue weighted by molar-refractivity contribution is 8.00. The minimum absolute atomic E-state index is 0.0239. The monoisotopic (exact) mass is 435 g/mol. The molecule has 6 heteroatoms. The molecule has 154 valence electrons. The lowest BCUT2D eigenvalue weighted by atomic mass is 10.2. The van der Waals surface area contributed by atoms with Crippen molar-refractivity contribution in [3.8, 4) is 0 Å². The van der Waals surface area contributed by atoms with E-state index in [4.69, 9.17) is 12.2 Å². The first-order valence-electron chi connectivity index (χ1n) is 9.68. The van der Waals surface area contributed by atoms with Crippen LogP contribution in [0.2, 0.25) is 0 Å². The van der Waals surface area contributed by atoms with Crippen molar-refractivity contribution in [1.29, 1.82) is 0 Å². The molecule has 0 bridgehead atoms. The van der Waals surface area contributed by atoms with Gasteiger partial charge in [0.1, 0.15) is 0 Å². The van der Waals surface area contributed by atoms with E-state index < -0.39 is 0 Å². The Hall–Kier alpha value is -2.83. The Bertz CT molecular complexity index is 1030. The number of amides is 1. The number of hydrogen-bond donors (Lipinski definition) is 3. The molecular weight excluding hydrogens is 410 g/mol. The number of anilines is 3. The Morgan fingerprint density at radius 3 is 2.30 bits per heavy atom. The van der Waals surface area contributed by atoms with E-state index in [2.05, 4.69) is 16.0 Å². The lowest BCUT2D eigenvalue weighted by Crippen LogP contribution is -2.22. The van der Waals surface area contributed by atoms with Crippen molar-refractivity contribution in [1.82, 2.24) is 0 Å². The number of para-hydroxylation sites is 1. The summed E-state index contributed by atoms with van der Waals surface area (Å²) >= 11 is 6.92. The first kappa shape index (κ1) is 21.9. The summed E-state index contributed by atoms with van der Waals surface area (Å²) in [6.07, 6.45) is 0. The van der Waals surface area contributed by atoms with Gasteiger partial charge in [0.2, 0.25) is 5.91 Å². The van der Waals surface area contributed by atoms with E-state index in [-0.39, 0.29) is 11.2 Å². The van der Waals surface area contributed by atoms with Crippen molar-refractivity contribution < 1.29 is 4.79 Å². The van der Waals surface area contributed by atoms with Gasteiger partial charge in [0, 0.05) is 22.0 Å². The predicted molar refractivity (Wildman–Crippen MR) is 133 cm³/mol. The molecule has 1 atom stereocenters. The van der Waals surface area contributed by atoms with Crippen LogP contribution < -0.4 is 16.0 Å². The third-order valence-corrected chi connectivity index (χ3v) is 5.78. The van der Waals surface area contributed by atoms with Crippen LogP contribution >= 0.6 is 24.0 Å². The van der Waals surface area contributed by atoms with Gasteiger partial charge in [-0.2, -0.15) is 0 Å². The van der Waals surface area contributed by atoms with Crippen LogP contribution in [0.15, 0.2) is 77.7 Å². The van der Waals surface area contributed by atoms with Crippen LogP contribution in [0.3, 0.4) is 0 Å². The van der Waals surface area contributed by atoms with Crippen molar-refractivity contribution in [2.24, 2.45) is 0 Å². The van der Waals surface area contributed by atoms with Crippen LogP contribution in [0.4, 0.5) is 17.1 Å². The minimum Gasteiger partial charge on any atom is -0.332 e. The Labute approximate surface area is 187 Å². The lowest BCUT2D eigenvalue weighted by Gasteiger charge is -2.15. The summed E-state index contributed by atoms with van der Waals surface area (Å²) < 4.78 is 0. The lowest BCUT2D eigenvalue weighted by molar-refractivity contribution is -0.115.